The van der Waals surface area contributed by atoms with E-state index < -0.39 is 0 Å². The Morgan fingerprint density at radius 2 is 1.82 bits per heavy atom. The minimum Gasteiger partial charge on any atom is -0.337 e. The lowest BCUT2D eigenvalue weighted by Crippen LogP contribution is -2.42. The SMILES string of the molecule is Cc1c(C(=O)N2C[C@H](C)C[C@@H](C)C2)sc2ncnc(N(C)c3ccccc3)c12. The minimum absolute atomic E-state index is 0.132. The van der Waals surface area contributed by atoms with Crippen LogP contribution in [0.1, 0.15) is 35.5 Å². The van der Waals surface area contributed by atoms with Crippen molar-refractivity contribution in [3.8, 4) is 0 Å². The molecule has 0 radical (unpaired) electrons. The predicted octanol–water partition coefficient (Wildman–Crippen LogP) is 4.89. The van der Waals surface area contributed by atoms with Gasteiger partial charge in [-0.25, -0.2) is 9.97 Å². The summed E-state index contributed by atoms with van der Waals surface area (Å²) in [5, 5.41) is 0.973. The van der Waals surface area contributed by atoms with Gasteiger partial charge in [-0.3, -0.25) is 4.79 Å². The summed E-state index contributed by atoms with van der Waals surface area (Å²) in [6.07, 6.45) is 2.78. The monoisotopic (exact) mass is 394 g/mol. The summed E-state index contributed by atoms with van der Waals surface area (Å²) >= 11 is 1.49. The first-order chi connectivity index (χ1) is 13.5. The Morgan fingerprint density at radius 3 is 2.50 bits per heavy atom. The van der Waals surface area contributed by atoms with Crippen molar-refractivity contribution in [3.63, 3.8) is 0 Å². The van der Waals surface area contributed by atoms with Gasteiger partial charge < -0.3 is 9.80 Å². The van der Waals surface area contributed by atoms with Crippen LogP contribution in [0.4, 0.5) is 11.5 Å². The Balaban J connectivity index is 1.74. The average molecular weight is 395 g/mol. The van der Waals surface area contributed by atoms with Gasteiger partial charge in [-0.1, -0.05) is 32.0 Å². The topological polar surface area (TPSA) is 49.3 Å². The number of amides is 1. The summed E-state index contributed by atoms with van der Waals surface area (Å²) in [5.41, 5.74) is 2.04. The maximum Gasteiger partial charge on any atom is 0.264 e. The zero-order chi connectivity index (χ0) is 19.8. The van der Waals surface area contributed by atoms with E-state index in [0.29, 0.717) is 11.8 Å². The molecule has 2 atom stereocenters. The first-order valence-corrected chi connectivity index (χ1v) is 10.6. The van der Waals surface area contributed by atoms with Crippen molar-refractivity contribution in [2.45, 2.75) is 27.2 Å². The third-order valence-electron chi connectivity index (χ3n) is 5.52. The molecule has 28 heavy (non-hydrogen) atoms. The lowest BCUT2D eigenvalue weighted by Gasteiger charge is -2.34. The zero-order valence-corrected chi connectivity index (χ0v) is 17.7. The van der Waals surface area contributed by atoms with Crippen LogP contribution >= 0.6 is 11.3 Å². The van der Waals surface area contributed by atoms with Gasteiger partial charge in [-0.2, -0.15) is 0 Å². The molecule has 0 saturated carbocycles. The molecule has 1 aromatic carbocycles. The molecule has 3 heterocycles. The fourth-order valence-corrected chi connectivity index (χ4v) is 5.37. The summed E-state index contributed by atoms with van der Waals surface area (Å²) in [6, 6.07) is 10.1. The molecule has 0 spiro atoms. The predicted molar refractivity (Wildman–Crippen MR) is 116 cm³/mol. The Labute approximate surface area is 170 Å². The number of para-hydroxylation sites is 1. The first kappa shape index (κ1) is 18.9. The number of nitrogens with zero attached hydrogens (tertiary/aromatic N) is 4. The van der Waals surface area contributed by atoms with Crippen LogP contribution in [0.25, 0.3) is 10.2 Å². The minimum atomic E-state index is 0.132. The maximum atomic E-state index is 13.3. The van der Waals surface area contributed by atoms with Gasteiger partial charge in [0.05, 0.1) is 10.3 Å². The highest BCUT2D eigenvalue weighted by molar-refractivity contribution is 7.20. The standard InChI is InChI=1S/C22H26N4OS/c1-14-10-15(2)12-26(11-14)22(27)19-16(3)18-20(23-13-24-21(18)28-19)25(4)17-8-6-5-7-9-17/h5-9,13-15H,10-12H2,1-4H3/t14-,15-/m1/s1. The summed E-state index contributed by atoms with van der Waals surface area (Å²) in [7, 11) is 2.00. The van der Waals surface area contributed by atoms with E-state index in [1.807, 2.05) is 37.1 Å². The highest BCUT2D eigenvalue weighted by atomic mass is 32.1. The number of piperidine rings is 1. The molecule has 1 amide bonds. The highest BCUT2D eigenvalue weighted by Gasteiger charge is 2.29. The Hall–Kier alpha value is -2.47. The second-order valence-corrected chi connectivity index (χ2v) is 8.98. The molecule has 0 bridgehead atoms. The molecular weight excluding hydrogens is 368 g/mol. The van der Waals surface area contributed by atoms with E-state index in [4.69, 9.17) is 0 Å². The molecular formula is C22H26N4OS. The van der Waals surface area contributed by atoms with Crippen molar-refractivity contribution in [3.05, 3.63) is 47.1 Å². The largest absolute Gasteiger partial charge is 0.337 e. The number of benzene rings is 1. The van der Waals surface area contributed by atoms with Crippen molar-refractivity contribution in [1.82, 2.24) is 14.9 Å². The Morgan fingerprint density at radius 1 is 1.14 bits per heavy atom. The van der Waals surface area contributed by atoms with Crippen LogP contribution < -0.4 is 4.90 Å². The Bertz CT molecular complexity index is 990. The molecule has 1 saturated heterocycles. The number of aryl methyl sites for hydroxylation is 1. The molecule has 0 unspecified atom stereocenters. The average Bonchev–Trinajstić information content (AvgIpc) is 3.03. The van der Waals surface area contributed by atoms with Gasteiger partial charge >= 0.3 is 0 Å². The van der Waals surface area contributed by atoms with Gasteiger partial charge in [0.15, 0.2) is 0 Å². The number of carbonyl (C=O) groups excluding carboxylic acids is 1. The van der Waals surface area contributed by atoms with E-state index in [9.17, 15) is 4.79 Å². The Kier molecular flexibility index (Phi) is 5.06. The normalized spacial score (nSPS) is 19.8. The molecule has 1 aliphatic rings. The van der Waals surface area contributed by atoms with E-state index in [2.05, 4.69) is 40.8 Å². The molecule has 3 aromatic rings. The molecule has 5 nitrogen and oxygen atoms in total. The maximum absolute atomic E-state index is 13.3. The van der Waals surface area contributed by atoms with Crippen LogP contribution in [-0.4, -0.2) is 40.9 Å². The van der Waals surface area contributed by atoms with Crippen molar-refractivity contribution in [1.29, 1.82) is 0 Å². The molecule has 0 N–H and O–H groups in total. The van der Waals surface area contributed by atoms with Crippen LogP contribution in [0.15, 0.2) is 36.7 Å². The van der Waals surface area contributed by atoms with Crippen LogP contribution in [0.2, 0.25) is 0 Å². The van der Waals surface area contributed by atoms with Gasteiger partial charge in [-0.15, -0.1) is 11.3 Å². The number of aromatic nitrogens is 2. The molecule has 1 aliphatic heterocycles. The number of likely N-dealkylation sites (tertiary alicyclic amines) is 1. The van der Waals surface area contributed by atoms with Crippen molar-refractivity contribution >= 4 is 39.0 Å². The van der Waals surface area contributed by atoms with Crippen molar-refractivity contribution < 1.29 is 4.79 Å². The fraction of sp³-hybridized carbons (Fsp3) is 0.409. The number of hydrogen-bond acceptors (Lipinski definition) is 5. The van der Waals surface area contributed by atoms with E-state index in [1.165, 1.54) is 17.8 Å². The molecule has 6 heteroatoms. The van der Waals surface area contributed by atoms with Crippen LogP contribution in [0, 0.1) is 18.8 Å². The fourth-order valence-electron chi connectivity index (χ4n) is 4.26. The zero-order valence-electron chi connectivity index (χ0n) is 16.8. The van der Waals surface area contributed by atoms with E-state index >= 15 is 0 Å². The number of anilines is 2. The number of fused-ring (bicyclic) bond motifs is 1. The van der Waals surface area contributed by atoms with E-state index in [0.717, 1.165) is 45.3 Å². The number of carbonyl (C=O) groups is 1. The second kappa shape index (κ2) is 7.51. The lowest BCUT2D eigenvalue weighted by atomic mass is 9.92. The second-order valence-electron chi connectivity index (χ2n) is 7.98. The van der Waals surface area contributed by atoms with Gasteiger partial charge in [0.1, 0.15) is 17.0 Å². The molecule has 146 valence electrons. The highest BCUT2D eigenvalue weighted by Crippen LogP contribution is 2.37. The quantitative estimate of drug-likeness (QED) is 0.635. The van der Waals surface area contributed by atoms with Crippen LogP contribution in [0.5, 0.6) is 0 Å². The summed E-state index contributed by atoms with van der Waals surface area (Å²) in [5.74, 6) is 2.06. The lowest BCUT2D eigenvalue weighted by molar-refractivity contribution is 0.0627. The smallest absolute Gasteiger partial charge is 0.264 e. The van der Waals surface area contributed by atoms with Gasteiger partial charge in [-0.05, 0) is 42.9 Å². The summed E-state index contributed by atoms with van der Waals surface area (Å²) in [4.78, 5) is 28.1. The molecule has 1 fully saturated rings. The number of hydrogen-bond donors (Lipinski definition) is 0. The molecule has 4 rings (SSSR count). The van der Waals surface area contributed by atoms with Gasteiger partial charge in [0.2, 0.25) is 0 Å². The van der Waals surface area contributed by atoms with Crippen LogP contribution in [0.3, 0.4) is 0 Å². The van der Waals surface area contributed by atoms with E-state index in [-0.39, 0.29) is 5.91 Å². The summed E-state index contributed by atoms with van der Waals surface area (Å²) in [6.45, 7) is 8.14. The molecule has 2 aromatic heterocycles. The molecule has 0 aliphatic carbocycles. The summed E-state index contributed by atoms with van der Waals surface area (Å²) < 4.78 is 0. The number of rotatable bonds is 3. The third-order valence-corrected chi connectivity index (χ3v) is 6.71. The van der Waals surface area contributed by atoms with Gasteiger partial charge in [0.25, 0.3) is 5.91 Å². The van der Waals surface area contributed by atoms with Crippen molar-refractivity contribution in [2.75, 3.05) is 25.0 Å². The first-order valence-electron chi connectivity index (χ1n) is 9.77. The third kappa shape index (κ3) is 3.37. The number of thiophene rings is 1. The van der Waals surface area contributed by atoms with Crippen molar-refractivity contribution in [2.24, 2.45) is 11.8 Å². The van der Waals surface area contributed by atoms with Gasteiger partial charge in [0, 0.05) is 25.8 Å². The van der Waals surface area contributed by atoms with Crippen LogP contribution in [-0.2, 0) is 0 Å². The van der Waals surface area contributed by atoms with E-state index in [1.54, 1.807) is 6.33 Å².